The van der Waals surface area contributed by atoms with Gasteiger partial charge in [0, 0.05) is 33.7 Å². The van der Waals surface area contributed by atoms with Gasteiger partial charge in [-0.1, -0.05) is 117 Å². The molecule has 1 aromatic heterocycles. The van der Waals surface area contributed by atoms with E-state index in [-0.39, 0.29) is 11.3 Å². The SMILES string of the molecule is CC1(C)c2ccccc2-c2c1n(-c1ccc(C3c4ccccc4-c4ccccc43)cc1)c1ccccc21. The second-order valence-corrected chi connectivity index (χ2v) is 10.9. The van der Waals surface area contributed by atoms with Gasteiger partial charge in [0.1, 0.15) is 0 Å². The summed E-state index contributed by atoms with van der Waals surface area (Å²) in [6, 6.07) is 44.9. The summed E-state index contributed by atoms with van der Waals surface area (Å²) in [7, 11) is 0. The molecule has 0 amide bonds. The molecule has 0 saturated carbocycles. The Morgan fingerprint density at radius 1 is 0.568 bits per heavy atom. The van der Waals surface area contributed by atoms with Gasteiger partial charge >= 0.3 is 0 Å². The van der Waals surface area contributed by atoms with Crippen molar-refractivity contribution in [1.29, 1.82) is 0 Å². The first-order valence-corrected chi connectivity index (χ1v) is 13.2. The largest absolute Gasteiger partial charge is 0.312 e. The Balaban J connectivity index is 1.32. The molecular weight excluding hydrogens is 446 g/mol. The van der Waals surface area contributed by atoms with Crippen LogP contribution in [0.2, 0.25) is 0 Å². The Morgan fingerprint density at radius 2 is 1.14 bits per heavy atom. The van der Waals surface area contributed by atoms with Crippen molar-refractivity contribution in [3.8, 4) is 27.9 Å². The predicted molar refractivity (Wildman–Crippen MR) is 154 cm³/mol. The Bertz CT molecular complexity index is 1800. The van der Waals surface area contributed by atoms with E-state index in [1.54, 1.807) is 0 Å². The lowest BCUT2D eigenvalue weighted by Gasteiger charge is -2.25. The molecule has 2 aliphatic rings. The first-order chi connectivity index (χ1) is 18.1. The molecule has 6 aromatic rings. The van der Waals surface area contributed by atoms with Crippen molar-refractivity contribution in [2.45, 2.75) is 25.2 Å². The second kappa shape index (κ2) is 7.33. The minimum absolute atomic E-state index is 0.0764. The molecule has 1 heterocycles. The van der Waals surface area contributed by atoms with E-state index in [4.69, 9.17) is 0 Å². The van der Waals surface area contributed by atoms with Crippen LogP contribution >= 0.6 is 0 Å². The van der Waals surface area contributed by atoms with Crippen molar-refractivity contribution in [1.82, 2.24) is 4.57 Å². The Hall–Kier alpha value is -4.36. The minimum Gasteiger partial charge on any atom is -0.312 e. The molecule has 0 spiro atoms. The van der Waals surface area contributed by atoms with Crippen LogP contribution in [-0.4, -0.2) is 4.57 Å². The van der Waals surface area contributed by atoms with Crippen LogP contribution in [0.5, 0.6) is 0 Å². The van der Waals surface area contributed by atoms with Crippen LogP contribution in [0.25, 0.3) is 38.8 Å². The van der Waals surface area contributed by atoms with Crippen LogP contribution in [0.15, 0.2) is 121 Å². The lowest BCUT2D eigenvalue weighted by Crippen LogP contribution is -2.19. The molecule has 0 bridgehead atoms. The van der Waals surface area contributed by atoms with Gasteiger partial charge in [0.2, 0.25) is 0 Å². The summed E-state index contributed by atoms with van der Waals surface area (Å²) in [4.78, 5) is 0. The fourth-order valence-corrected chi connectivity index (χ4v) is 7.08. The summed E-state index contributed by atoms with van der Waals surface area (Å²) < 4.78 is 2.50. The minimum atomic E-state index is -0.0764. The van der Waals surface area contributed by atoms with E-state index in [1.807, 2.05) is 0 Å². The standard InChI is InChI=1S/C36H27N/c1-36(2)31-17-9-7-15-29(31)34-30-16-8-10-18-32(30)37(35(34)36)24-21-19-23(20-22-24)33-27-13-5-3-11-25(27)26-12-4-6-14-28(26)33/h3-22,33H,1-2H3. The van der Waals surface area contributed by atoms with Gasteiger partial charge < -0.3 is 4.57 Å². The number of hydrogen-bond acceptors (Lipinski definition) is 0. The number of para-hydroxylation sites is 1. The summed E-state index contributed by atoms with van der Waals surface area (Å²) >= 11 is 0. The number of rotatable bonds is 2. The van der Waals surface area contributed by atoms with Crippen molar-refractivity contribution >= 4 is 10.9 Å². The number of fused-ring (bicyclic) bond motifs is 8. The van der Waals surface area contributed by atoms with Crippen LogP contribution in [0.4, 0.5) is 0 Å². The van der Waals surface area contributed by atoms with Crippen LogP contribution in [0, 0.1) is 0 Å². The second-order valence-electron chi connectivity index (χ2n) is 10.9. The molecule has 0 aliphatic heterocycles. The fraction of sp³-hybridized carbons (Fsp3) is 0.111. The first-order valence-electron chi connectivity index (χ1n) is 13.2. The third kappa shape index (κ3) is 2.69. The highest BCUT2D eigenvalue weighted by Crippen LogP contribution is 2.54. The fourth-order valence-electron chi connectivity index (χ4n) is 7.08. The van der Waals surface area contributed by atoms with Crippen LogP contribution in [0.1, 0.15) is 47.7 Å². The van der Waals surface area contributed by atoms with E-state index in [0.29, 0.717) is 0 Å². The molecule has 5 aromatic carbocycles. The monoisotopic (exact) mass is 473 g/mol. The Labute approximate surface area is 217 Å². The van der Waals surface area contributed by atoms with Gasteiger partial charge in [-0.2, -0.15) is 0 Å². The highest BCUT2D eigenvalue weighted by atomic mass is 15.0. The maximum absolute atomic E-state index is 2.50. The molecule has 1 heteroatoms. The summed E-state index contributed by atoms with van der Waals surface area (Å²) in [5.74, 6) is 0.272. The summed E-state index contributed by atoms with van der Waals surface area (Å²) in [6.07, 6.45) is 0. The zero-order valence-corrected chi connectivity index (χ0v) is 21.1. The van der Waals surface area contributed by atoms with Gasteiger partial charge in [-0.25, -0.2) is 0 Å². The molecular formula is C36H27N. The average Bonchev–Trinajstić information content (AvgIpc) is 3.54. The van der Waals surface area contributed by atoms with Gasteiger partial charge in [-0.3, -0.25) is 0 Å². The van der Waals surface area contributed by atoms with E-state index < -0.39 is 0 Å². The zero-order chi connectivity index (χ0) is 24.7. The molecule has 0 fully saturated rings. The topological polar surface area (TPSA) is 4.93 Å². The molecule has 8 rings (SSSR count). The highest BCUT2D eigenvalue weighted by molar-refractivity contribution is 6.03. The number of aromatic nitrogens is 1. The molecule has 0 unspecified atom stereocenters. The van der Waals surface area contributed by atoms with E-state index in [2.05, 4.69) is 140 Å². The van der Waals surface area contributed by atoms with Crippen molar-refractivity contribution < 1.29 is 0 Å². The molecule has 37 heavy (non-hydrogen) atoms. The maximum Gasteiger partial charge on any atom is 0.0538 e. The molecule has 0 radical (unpaired) electrons. The maximum atomic E-state index is 2.50. The van der Waals surface area contributed by atoms with Crippen molar-refractivity contribution in [2.24, 2.45) is 0 Å². The average molecular weight is 474 g/mol. The normalized spacial score (nSPS) is 14.9. The number of hydrogen-bond donors (Lipinski definition) is 0. The van der Waals surface area contributed by atoms with Gasteiger partial charge in [0.25, 0.3) is 0 Å². The Kier molecular flexibility index (Phi) is 4.12. The third-order valence-corrected chi connectivity index (χ3v) is 8.65. The van der Waals surface area contributed by atoms with E-state index >= 15 is 0 Å². The van der Waals surface area contributed by atoms with Crippen molar-refractivity contribution in [3.05, 3.63) is 149 Å². The summed E-state index contributed by atoms with van der Waals surface area (Å²) in [5, 5.41) is 1.33. The van der Waals surface area contributed by atoms with Crippen LogP contribution < -0.4 is 0 Å². The molecule has 176 valence electrons. The Morgan fingerprint density at radius 3 is 1.84 bits per heavy atom. The molecule has 0 N–H and O–H groups in total. The van der Waals surface area contributed by atoms with E-state index in [9.17, 15) is 0 Å². The van der Waals surface area contributed by atoms with Crippen molar-refractivity contribution in [3.63, 3.8) is 0 Å². The molecule has 0 atom stereocenters. The zero-order valence-electron chi connectivity index (χ0n) is 21.1. The van der Waals surface area contributed by atoms with E-state index in [1.165, 1.54) is 66.8 Å². The van der Waals surface area contributed by atoms with Gasteiger partial charge in [-0.05, 0) is 57.1 Å². The lowest BCUT2D eigenvalue weighted by molar-refractivity contribution is 0.624. The first kappa shape index (κ1) is 20.8. The van der Waals surface area contributed by atoms with Crippen LogP contribution in [0.3, 0.4) is 0 Å². The highest BCUT2D eigenvalue weighted by Gasteiger charge is 2.40. The molecule has 1 nitrogen and oxygen atoms in total. The summed E-state index contributed by atoms with van der Waals surface area (Å²) in [6.45, 7) is 4.74. The van der Waals surface area contributed by atoms with Gasteiger partial charge in [-0.15, -0.1) is 0 Å². The predicted octanol–water partition coefficient (Wildman–Crippen LogP) is 9.10. The van der Waals surface area contributed by atoms with Crippen LogP contribution in [-0.2, 0) is 5.41 Å². The van der Waals surface area contributed by atoms with Gasteiger partial charge in [0.05, 0.1) is 5.52 Å². The van der Waals surface area contributed by atoms with Crippen molar-refractivity contribution in [2.75, 3.05) is 0 Å². The lowest BCUT2D eigenvalue weighted by atomic mass is 9.85. The van der Waals surface area contributed by atoms with E-state index in [0.717, 1.165) is 0 Å². The number of nitrogens with zero attached hydrogens (tertiary/aromatic N) is 1. The smallest absolute Gasteiger partial charge is 0.0538 e. The quantitative estimate of drug-likeness (QED) is 0.236. The molecule has 2 aliphatic carbocycles. The molecule has 0 saturated heterocycles. The van der Waals surface area contributed by atoms with Gasteiger partial charge in [0.15, 0.2) is 0 Å². The summed E-state index contributed by atoms with van der Waals surface area (Å²) in [5.41, 5.74) is 14.9. The number of benzene rings is 5. The third-order valence-electron chi connectivity index (χ3n) is 8.65.